The molecule has 0 spiro atoms. The van der Waals surface area contributed by atoms with Crippen LogP contribution < -0.4 is 5.32 Å². The average molecular weight is 311 g/mol. The molecule has 0 saturated heterocycles. The molecule has 3 aromatic rings. The van der Waals surface area contributed by atoms with Gasteiger partial charge in [-0.1, -0.05) is 6.92 Å². The minimum Gasteiger partial charge on any atom is -0.355 e. The highest BCUT2D eigenvalue weighted by Gasteiger charge is 2.17. The zero-order valence-corrected chi connectivity index (χ0v) is 13.7. The molecule has 3 rings (SSSR count). The third kappa shape index (κ3) is 2.97. The Hall–Kier alpha value is -2.63. The lowest BCUT2D eigenvalue weighted by Crippen LogP contribution is -2.28. The van der Waals surface area contributed by atoms with Gasteiger partial charge in [0.2, 0.25) is 5.91 Å². The van der Waals surface area contributed by atoms with Crippen LogP contribution in [-0.2, 0) is 11.3 Å². The van der Waals surface area contributed by atoms with Gasteiger partial charge in [-0.15, -0.1) is 0 Å². The number of carbonyl (C=O) groups excluding carboxylic acids is 1. The number of amides is 1. The number of rotatable bonds is 5. The topological polar surface area (TPSA) is 64.7 Å². The molecular weight excluding hydrogens is 290 g/mol. The van der Waals surface area contributed by atoms with Crippen LogP contribution in [0.15, 0.2) is 30.6 Å². The van der Waals surface area contributed by atoms with Crippen LogP contribution in [0, 0.1) is 13.8 Å². The summed E-state index contributed by atoms with van der Waals surface area (Å²) in [5.41, 5.74) is 2.78. The molecule has 0 aliphatic rings. The molecule has 3 aromatic heterocycles. The van der Waals surface area contributed by atoms with Crippen LogP contribution in [0.25, 0.3) is 16.9 Å². The van der Waals surface area contributed by atoms with Gasteiger partial charge in [0.25, 0.3) is 0 Å². The van der Waals surface area contributed by atoms with Gasteiger partial charge in [0.05, 0.1) is 5.39 Å². The fraction of sp³-hybridized carbons (Fsp3) is 0.353. The molecule has 0 aliphatic carbocycles. The van der Waals surface area contributed by atoms with Crippen molar-refractivity contribution in [1.82, 2.24) is 24.6 Å². The number of pyridine rings is 1. The summed E-state index contributed by atoms with van der Waals surface area (Å²) in [5.74, 6) is 0.759. The minimum absolute atomic E-state index is 0.0451. The van der Waals surface area contributed by atoms with E-state index < -0.39 is 0 Å². The summed E-state index contributed by atoms with van der Waals surface area (Å²) in [6, 6.07) is 5.95. The predicted molar refractivity (Wildman–Crippen MR) is 89.6 cm³/mol. The van der Waals surface area contributed by atoms with E-state index in [4.69, 9.17) is 0 Å². The van der Waals surface area contributed by atoms with Crippen LogP contribution in [0.2, 0.25) is 0 Å². The molecule has 0 aliphatic heterocycles. The van der Waals surface area contributed by atoms with Gasteiger partial charge in [-0.3, -0.25) is 4.79 Å². The average Bonchev–Trinajstić information content (AvgIpc) is 3.13. The maximum absolute atomic E-state index is 12.1. The van der Waals surface area contributed by atoms with Gasteiger partial charge < -0.3 is 9.88 Å². The molecule has 6 heteroatoms. The second-order valence-electron chi connectivity index (χ2n) is 5.70. The first-order valence-corrected chi connectivity index (χ1v) is 7.85. The molecule has 0 bridgehead atoms. The third-order valence-electron chi connectivity index (χ3n) is 3.72. The van der Waals surface area contributed by atoms with Crippen LogP contribution >= 0.6 is 0 Å². The molecule has 1 amide bonds. The molecule has 6 nitrogen and oxygen atoms in total. The van der Waals surface area contributed by atoms with E-state index >= 15 is 0 Å². The van der Waals surface area contributed by atoms with Gasteiger partial charge >= 0.3 is 0 Å². The molecule has 23 heavy (non-hydrogen) atoms. The first kappa shape index (κ1) is 15.3. The predicted octanol–water partition coefficient (Wildman–Crippen LogP) is 2.37. The molecule has 120 valence electrons. The highest BCUT2D eigenvalue weighted by molar-refractivity contribution is 5.88. The Labute approximate surface area is 135 Å². The summed E-state index contributed by atoms with van der Waals surface area (Å²) in [6.07, 6.45) is 4.81. The van der Waals surface area contributed by atoms with Gasteiger partial charge in [-0.25, -0.2) is 9.67 Å². The Kier molecular flexibility index (Phi) is 4.14. The Morgan fingerprint density at radius 1 is 1.26 bits per heavy atom. The van der Waals surface area contributed by atoms with E-state index in [9.17, 15) is 4.79 Å². The number of nitrogens with one attached hydrogen (secondary N) is 1. The van der Waals surface area contributed by atoms with Crippen molar-refractivity contribution in [1.29, 1.82) is 0 Å². The summed E-state index contributed by atoms with van der Waals surface area (Å²) < 4.78 is 3.64. The standard InChI is InChI=1S/C17H21N5O/c1-4-7-18-14(23)11-22-16-15(12(2)10-13(3)19-16)17(20-22)21-8-5-6-9-21/h5-6,8-10H,4,7,11H2,1-3H3,(H,18,23). The van der Waals surface area contributed by atoms with Crippen LogP contribution in [-0.4, -0.2) is 31.8 Å². The molecule has 0 saturated carbocycles. The molecular formula is C17H21N5O. The third-order valence-corrected chi connectivity index (χ3v) is 3.72. The van der Waals surface area contributed by atoms with Gasteiger partial charge in [0.15, 0.2) is 11.5 Å². The van der Waals surface area contributed by atoms with Crippen LogP contribution in [0.3, 0.4) is 0 Å². The highest BCUT2D eigenvalue weighted by Crippen LogP contribution is 2.25. The lowest BCUT2D eigenvalue weighted by Gasteiger charge is -2.05. The summed E-state index contributed by atoms with van der Waals surface area (Å²) >= 11 is 0. The number of aromatic nitrogens is 4. The lowest BCUT2D eigenvalue weighted by atomic mass is 10.2. The minimum atomic E-state index is -0.0451. The molecule has 0 atom stereocenters. The molecule has 1 N–H and O–H groups in total. The van der Waals surface area contributed by atoms with E-state index in [1.165, 1.54) is 0 Å². The second kappa shape index (κ2) is 6.24. The van der Waals surface area contributed by atoms with Crippen molar-refractivity contribution in [2.75, 3.05) is 6.54 Å². The van der Waals surface area contributed by atoms with Crippen molar-refractivity contribution in [3.05, 3.63) is 41.9 Å². The van der Waals surface area contributed by atoms with Gasteiger partial charge in [-0.05, 0) is 44.0 Å². The van der Waals surface area contributed by atoms with Crippen molar-refractivity contribution in [2.24, 2.45) is 0 Å². The van der Waals surface area contributed by atoms with Gasteiger partial charge in [0, 0.05) is 24.6 Å². The number of hydrogen-bond donors (Lipinski definition) is 1. The first-order chi connectivity index (χ1) is 11.1. The van der Waals surface area contributed by atoms with Crippen molar-refractivity contribution in [2.45, 2.75) is 33.7 Å². The van der Waals surface area contributed by atoms with Crippen molar-refractivity contribution >= 4 is 16.9 Å². The normalized spacial score (nSPS) is 11.1. The van der Waals surface area contributed by atoms with E-state index in [1.807, 2.05) is 55.9 Å². The Morgan fingerprint density at radius 3 is 2.70 bits per heavy atom. The number of fused-ring (bicyclic) bond motifs is 1. The van der Waals surface area contributed by atoms with Crippen molar-refractivity contribution < 1.29 is 4.79 Å². The van der Waals surface area contributed by atoms with Crippen LogP contribution in [0.4, 0.5) is 0 Å². The summed E-state index contributed by atoms with van der Waals surface area (Å²) in [5, 5.41) is 8.50. The van der Waals surface area contributed by atoms with Crippen LogP contribution in [0.1, 0.15) is 24.6 Å². The van der Waals surface area contributed by atoms with E-state index in [0.29, 0.717) is 6.54 Å². The second-order valence-corrected chi connectivity index (χ2v) is 5.70. The molecule has 0 radical (unpaired) electrons. The maximum Gasteiger partial charge on any atom is 0.241 e. The number of nitrogens with zero attached hydrogens (tertiary/aromatic N) is 4. The number of aryl methyl sites for hydroxylation is 2. The molecule has 0 fully saturated rings. The van der Waals surface area contributed by atoms with E-state index in [2.05, 4.69) is 15.4 Å². The first-order valence-electron chi connectivity index (χ1n) is 7.85. The van der Waals surface area contributed by atoms with E-state index in [1.54, 1.807) is 4.68 Å². The van der Waals surface area contributed by atoms with Crippen molar-refractivity contribution in [3.63, 3.8) is 0 Å². The smallest absolute Gasteiger partial charge is 0.241 e. The number of hydrogen-bond acceptors (Lipinski definition) is 3. The Morgan fingerprint density at radius 2 is 2.00 bits per heavy atom. The van der Waals surface area contributed by atoms with E-state index in [0.717, 1.165) is 34.5 Å². The van der Waals surface area contributed by atoms with Gasteiger partial charge in [0.1, 0.15) is 6.54 Å². The molecule has 3 heterocycles. The molecule has 0 aromatic carbocycles. The summed E-state index contributed by atoms with van der Waals surface area (Å²) in [6.45, 7) is 6.88. The molecule has 0 unspecified atom stereocenters. The zero-order valence-electron chi connectivity index (χ0n) is 13.7. The Balaban J connectivity index is 2.09. The summed E-state index contributed by atoms with van der Waals surface area (Å²) in [7, 11) is 0. The monoisotopic (exact) mass is 311 g/mol. The fourth-order valence-electron chi connectivity index (χ4n) is 2.71. The Bertz CT molecular complexity index is 832. The quantitative estimate of drug-likeness (QED) is 0.786. The lowest BCUT2D eigenvalue weighted by molar-refractivity contribution is -0.121. The van der Waals surface area contributed by atoms with E-state index in [-0.39, 0.29) is 12.5 Å². The summed E-state index contributed by atoms with van der Waals surface area (Å²) in [4.78, 5) is 16.7. The maximum atomic E-state index is 12.1. The van der Waals surface area contributed by atoms with Crippen molar-refractivity contribution in [3.8, 4) is 5.82 Å². The van der Waals surface area contributed by atoms with Gasteiger partial charge in [-0.2, -0.15) is 5.10 Å². The largest absolute Gasteiger partial charge is 0.355 e. The van der Waals surface area contributed by atoms with Crippen LogP contribution in [0.5, 0.6) is 0 Å². The number of carbonyl (C=O) groups is 1. The highest BCUT2D eigenvalue weighted by atomic mass is 16.2. The SMILES string of the molecule is CCCNC(=O)Cn1nc(-n2cccc2)c2c(C)cc(C)nc21. The zero-order chi connectivity index (χ0) is 16.4. The fourth-order valence-corrected chi connectivity index (χ4v) is 2.71.